The summed E-state index contributed by atoms with van der Waals surface area (Å²) in [5.41, 5.74) is 0.777. The third-order valence-corrected chi connectivity index (χ3v) is 5.57. The molecule has 1 aromatic rings. The summed E-state index contributed by atoms with van der Waals surface area (Å²) in [6.07, 6.45) is 1.54. The number of nitrogens with zero attached hydrogens (tertiary/aromatic N) is 2. The van der Waals surface area contributed by atoms with Crippen LogP contribution in [-0.4, -0.2) is 37.1 Å². The van der Waals surface area contributed by atoms with Gasteiger partial charge in [-0.3, -0.25) is 4.79 Å². The molecule has 0 N–H and O–H groups in total. The maximum Gasteiger partial charge on any atom is 0.323 e. The SMILES string of the molecule is CCOC(=O)C(C#N)C1(Cc2ccccc2)CC(C)N(C)CC1C.Cl. The molecule has 0 aliphatic carbocycles. The molecule has 0 radical (unpaired) electrons. The number of likely N-dealkylation sites (tertiary alicyclic amines) is 1. The van der Waals surface area contributed by atoms with E-state index in [4.69, 9.17) is 4.74 Å². The molecule has 1 heterocycles. The van der Waals surface area contributed by atoms with Gasteiger partial charge in [0.1, 0.15) is 5.92 Å². The fourth-order valence-corrected chi connectivity index (χ4v) is 4.07. The highest BCUT2D eigenvalue weighted by Gasteiger charge is 2.51. The molecule has 1 fully saturated rings. The van der Waals surface area contributed by atoms with Gasteiger partial charge in [0.2, 0.25) is 0 Å². The predicted molar refractivity (Wildman–Crippen MR) is 101 cm³/mol. The average molecular weight is 365 g/mol. The van der Waals surface area contributed by atoms with E-state index in [1.54, 1.807) is 6.92 Å². The van der Waals surface area contributed by atoms with Crippen molar-refractivity contribution in [3.05, 3.63) is 35.9 Å². The van der Waals surface area contributed by atoms with Crippen molar-refractivity contribution in [1.82, 2.24) is 4.90 Å². The van der Waals surface area contributed by atoms with E-state index in [0.29, 0.717) is 12.6 Å². The number of piperidine rings is 1. The van der Waals surface area contributed by atoms with Crippen molar-refractivity contribution in [3.8, 4) is 6.07 Å². The molecule has 25 heavy (non-hydrogen) atoms. The fourth-order valence-electron chi connectivity index (χ4n) is 4.07. The van der Waals surface area contributed by atoms with E-state index in [1.807, 2.05) is 18.2 Å². The maximum absolute atomic E-state index is 12.5. The van der Waals surface area contributed by atoms with E-state index < -0.39 is 11.3 Å². The van der Waals surface area contributed by atoms with Crippen molar-refractivity contribution in [3.63, 3.8) is 0 Å². The summed E-state index contributed by atoms with van der Waals surface area (Å²) in [4.78, 5) is 14.9. The van der Waals surface area contributed by atoms with Gasteiger partial charge < -0.3 is 9.64 Å². The van der Waals surface area contributed by atoms with Gasteiger partial charge in [-0.2, -0.15) is 5.26 Å². The summed E-state index contributed by atoms with van der Waals surface area (Å²) in [6, 6.07) is 12.8. The lowest BCUT2D eigenvalue weighted by Crippen LogP contribution is -2.55. The van der Waals surface area contributed by atoms with Crippen LogP contribution >= 0.6 is 12.4 Å². The number of carbonyl (C=O) groups is 1. The summed E-state index contributed by atoms with van der Waals surface area (Å²) in [6.45, 7) is 7.31. The largest absolute Gasteiger partial charge is 0.465 e. The molecule has 4 atom stereocenters. The molecule has 1 aliphatic heterocycles. The van der Waals surface area contributed by atoms with Crippen molar-refractivity contribution in [1.29, 1.82) is 5.26 Å². The zero-order chi connectivity index (χ0) is 17.7. The monoisotopic (exact) mass is 364 g/mol. The number of nitriles is 1. The van der Waals surface area contributed by atoms with Gasteiger partial charge in [0.05, 0.1) is 12.7 Å². The van der Waals surface area contributed by atoms with E-state index in [0.717, 1.165) is 19.4 Å². The van der Waals surface area contributed by atoms with Crippen molar-refractivity contribution in [2.24, 2.45) is 17.3 Å². The van der Waals surface area contributed by atoms with Crippen LogP contribution in [0.5, 0.6) is 0 Å². The van der Waals surface area contributed by atoms with Crippen LogP contribution in [0.4, 0.5) is 0 Å². The first-order chi connectivity index (χ1) is 11.4. The minimum absolute atomic E-state index is 0. The zero-order valence-corrected chi connectivity index (χ0v) is 16.4. The molecular formula is C20H29ClN2O2. The van der Waals surface area contributed by atoms with E-state index in [9.17, 15) is 10.1 Å². The topological polar surface area (TPSA) is 53.3 Å². The lowest BCUT2D eigenvalue weighted by molar-refractivity contribution is -0.154. The Bertz CT molecular complexity index is 601. The maximum atomic E-state index is 12.5. The minimum Gasteiger partial charge on any atom is -0.465 e. The Balaban J connectivity index is 0.00000312. The highest BCUT2D eigenvalue weighted by atomic mass is 35.5. The summed E-state index contributed by atoms with van der Waals surface area (Å²) in [5, 5.41) is 9.82. The standard InChI is InChI=1S/C20H28N2O2.ClH/c1-5-24-19(23)18(13-21)20(12-17-9-7-6-8-10-17)11-16(3)22(4)14-15(20)2;/h6-10,15-16,18H,5,11-12,14H2,1-4H3;1H. The van der Waals surface area contributed by atoms with E-state index in [-0.39, 0.29) is 24.3 Å². The summed E-state index contributed by atoms with van der Waals surface area (Å²) < 4.78 is 5.25. The molecule has 4 nitrogen and oxygen atoms in total. The molecule has 0 spiro atoms. The fraction of sp³-hybridized carbons (Fsp3) is 0.600. The van der Waals surface area contributed by atoms with E-state index in [1.165, 1.54) is 5.56 Å². The highest BCUT2D eigenvalue weighted by Crippen LogP contribution is 2.47. The van der Waals surface area contributed by atoms with Crippen LogP contribution in [-0.2, 0) is 16.0 Å². The van der Waals surface area contributed by atoms with Crippen molar-refractivity contribution in [2.75, 3.05) is 20.2 Å². The number of hydrogen-bond donors (Lipinski definition) is 0. The second kappa shape index (κ2) is 9.22. The van der Waals surface area contributed by atoms with Gasteiger partial charge in [0.25, 0.3) is 0 Å². The molecule has 0 amide bonds. The Labute approximate surface area is 157 Å². The third kappa shape index (κ3) is 4.54. The second-order valence-corrected chi connectivity index (χ2v) is 7.10. The van der Waals surface area contributed by atoms with E-state index in [2.05, 4.69) is 44.0 Å². The number of esters is 1. The van der Waals surface area contributed by atoms with Crippen molar-refractivity contribution in [2.45, 2.75) is 39.7 Å². The Morgan fingerprint density at radius 2 is 2.04 bits per heavy atom. The minimum atomic E-state index is -0.733. The van der Waals surface area contributed by atoms with Gasteiger partial charge in [-0.25, -0.2) is 0 Å². The van der Waals surface area contributed by atoms with Gasteiger partial charge in [-0.05, 0) is 45.2 Å². The van der Waals surface area contributed by atoms with Crippen LogP contribution in [0.25, 0.3) is 0 Å². The quantitative estimate of drug-likeness (QED) is 0.747. The number of benzene rings is 1. The van der Waals surface area contributed by atoms with Gasteiger partial charge in [-0.1, -0.05) is 37.3 Å². The molecular weight excluding hydrogens is 336 g/mol. The Morgan fingerprint density at radius 3 is 2.60 bits per heavy atom. The first kappa shape index (κ1) is 21.5. The number of carbonyl (C=O) groups excluding carboxylic acids is 1. The summed E-state index contributed by atoms with van der Waals surface area (Å²) >= 11 is 0. The van der Waals surface area contributed by atoms with Crippen LogP contribution in [0.15, 0.2) is 30.3 Å². The van der Waals surface area contributed by atoms with Crippen molar-refractivity contribution < 1.29 is 9.53 Å². The van der Waals surface area contributed by atoms with Crippen LogP contribution in [0.2, 0.25) is 0 Å². The molecule has 4 unspecified atom stereocenters. The second-order valence-electron chi connectivity index (χ2n) is 7.10. The lowest BCUT2D eigenvalue weighted by atomic mass is 9.59. The number of halogens is 1. The van der Waals surface area contributed by atoms with E-state index >= 15 is 0 Å². The zero-order valence-electron chi connectivity index (χ0n) is 15.6. The first-order valence-electron chi connectivity index (χ1n) is 8.75. The molecule has 0 bridgehead atoms. The Morgan fingerprint density at radius 1 is 1.40 bits per heavy atom. The van der Waals surface area contributed by atoms with Gasteiger partial charge in [0.15, 0.2) is 0 Å². The Hall–Kier alpha value is -1.57. The summed E-state index contributed by atoms with van der Waals surface area (Å²) in [5.74, 6) is -0.878. The molecule has 1 saturated heterocycles. The molecule has 138 valence electrons. The number of ether oxygens (including phenoxy) is 1. The van der Waals surface area contributed by atoms with Gasteiger partial charge >= 0.3 is 5.97 Å². The predicted octanol–water partition coefficient (Wildman–Crippen LogP) is 3.70. The van der Waals surface area contributed by atoms with Crippen LogP contribution < -0.4 is 0 Å². The molecule has 5 heteroatoms. The molecule has 0 aromatic heterocycles. The van der Waals surface area contributed by atoms with Gasteiger partial charge in [-0.15, -0.1) is 12.4 Å². The highest BCUT2D eigenvalue weighted by molar-refractivity contribution is 5.85. The summed E-state index contributed by atoms with van der Waals surface area (Å²) in [7, 11) is 2.11. The third-order valence-electron chi connectivity index (χ3n) is 5.57. The molecule has 1 aromatic carbocycles. The molecule has 1 aliphatic rings. The average Bonchev–Trinajstić information content (AvgIpc) is 2.55. The normalized spacial score (nSPS) is 27.6. The van der Waals surface area contributed by atoms with Crippen molar-refractivity contribution >= 4 is 18.4 Å². The van der Waals surface area contributed by atoms with Crippen LogP contribution in [0.1, 0.15) is 32.8 Å². The van der Waals surface area contributed by atoms with Gasteiger partial charge in [0, 0.05) is 18.0 Å². The molecule has 2 rings (SSSR count). The lowest BCUT2D eigenvalue weighted by Gasteiger charge is -2.50. The smallest absolute Gasteiger partial charge is 0.323 e. The van der Waals surface area contributed by atoms with Crippen LogP contribution in [0.3, 0.4) is 0 Å². The Kier molecular flexibility index (Phi) is 7.92. The van der Waals surface area contributed by atoms with Crippen LogP contribution in [0, 0.1) is 28.6 Å². The molecule has 0 saturated carbocycles. The first-order valence-corrected chi connectivity index (χ1v) is 8.75. The number of hydrogen-bond acceptors (Lipinski definition) is 4. The number of rotatable bonds is 5.